The number of para-hydroxylation sites is 1. The zero-order chi connectivity index (χ0) is 21.3. The topological polar surface area (TPSA) is 61.8 Å². The van der Waals surface area contributed by atoms with Gasteiger partial charge in [-0.3, -0.25) is 9.59 Å². The summed E-state index contributed by atoms with van der Waals surface area (Å²) in [6.07, 6.45) is 1.15. The number of hydrogen-bond acceptors (Lipinski definition) is 5. The number of rotatable bonds is 10. The van der Waals surface area contributed by atoms with Gasteiger partial charge in [0, 0.05) is 0 Å². The van der Waals surface area contributed by atoms with Crippen LogP contribution < -0.4 is 4.74 Å². The molecule has 3 atom stereocenters. The highest BCUT2D eigenvalue weighted by atomic mass is 16.6. The third-order valence-electron chi connectivity index (χ3n) is 4.59. The Morgan fingerprint density at radius 2 is 1.57 bits per heavy atom. The first-order valence-electron chi connectivity index (χ1n) is 10.2. The minimum absolute atomic E-state index is 0.00197. The van der Waals surface area contributed by atoms with Gasteiger partial charge in [0.15, 0.2) is 0 Å². The van der Waals surface area contributed by atoms with Crippen molar-refractivity contribution in [1.29, 1.82) is 0 Å². The third kappa shape index (κ3) is 8.32. The molecule has 1 aromatic carbocycles. The van der Waals surface area contributed by atoms with Crippen molar-refractivity contribution in [2.45, 2.75) is 85.5 Å². The molecule has 0 radical (unpaired) electrons. The first-order valence-corrected chi connectivity index (χ1v) is 10.2. The molecule has 1 rings (SSSR count). The zero-order valence-electron chi connectivity index (χ0n) is 18.4. The molecule has 0 heterocycles. The van der Waals surface area contributed by atoms with E-state index >= 15 is 0 Å². The van der Waals surface area contributed by atoms with Crippen LogP contribution in [0.3, 0.4) is 0 Å². The number of carbonyl (C=O) groups is 2. The average molecular weight is 393 g/mol. The van der Waals surface area contributed by atoms with Gasteiger partial charge >= 0.3 is 11.9 Å². The molecular weight excluding hydrogens is 356 g/mol. The average Bonchev–Trinajstić information content (AvgIpc) is 2.60. The van der Waals surface area contributed by atoms with E-state index in [9.17, 15) is 9.59 Å². The molecule has 1 aromatic rings. The summed E-state index contributed by atoms with van der Waals surface area (Å²) < 4.78 is 17.2. The number of esters is 2. The molecule has 0 saturated heterocycles. The summed E-state index contributed by atoms with van der Waals surface area (Å²) >= 11 is 0. The van der Waals surface area contributed by atoms with Crippen molar-refractivity contribution in [1.82, 2.24) is 0 Å². The third-order valence-corrected chi connectivity index (χ3v) is 4.59. The highest BCUT2D eigenvalue weighted by Gasteiger charge is 2.31. The molecule has 0 unspecified atom stereocenters. The molecule has 158 valence electrons. The van der Waals surface area contributed by atoms with E-state index in [-0.39, 0.29) is 18.4 Å². The van der Waals surface area contributed by atoms with E-state index in [2.05, 4.69) is 13.8 Å². The van der Waals surface area contributed by atoms with E-state index in [0.29, 0.717) is 0 Å². The second-order valence-corrected chi connectivity index (χ2v) is 8.31. The molecule has 0 aliphatic rings. The fourth-order valence-corrected chi connectivity index (χ4v) is 3.07. The summed E-state index contributed by atoms with van der Waals surface area (Å²) in [5.74, 6) is -0.377. The van der Waals surface area contributed by atoms with Gasteiger partial charge in [-0.05, 0) is 58.6 Å². The Balaban J connectivity index is 2.75. The van der Waals surface area contributed by atoms with Crippen LogP contribution in [0.15, 0.2) is 30.3 Å². The maximum absolute atomic E-state index is 12.5. The second kappa shape index (κ2) is 11.1. The summed E-state index contributed by atoms with van der Waals surface area (Å²) in [5, 5.41) is 0. The van der Waals surface area contributed by atoms with Crippen molar-refractivity contribution in [3.8, 4) is 5.75 Å². The lowest BCUT2D eigenvalue weighted by atomic mass is 9.93. The molecule has 28 heavy (non-hydrogen) atoms. The lowest BCUT2D eigenvalue weighted by Crippen LogP contribution is -2.40. The van der Waals surface area contributed by atoms with Crippen LogP contribution in [0.25, 0.3) is 0 Å². The van der Waals surface area contributed by atoms with Gasteiger partial charge in [0.1, 0.15) is 23.6 Å². The van der Waals surface area contributed by atoms with Gasteiger partial charge in [-0.15, -0.1) is 0 Å². The fraction of sp³-hybridized carbons (Fsp3) is 0.652. The summed E-state index contributed by atoms with van der Waals surface area (Å²) in [7, 11) is 0. The Morgan fingerprint density at radius 1 is 1.00 bits per heavy atom. The standard InChI is InChI=1S/C23H36O5/c1-8-18(9-2)21(27-19-13-11-10-12-14-19)17(4)26-22(25)16(3)15-20(24)28-23(5,6)7/h10-14,16-18,21H,8-9,15H2,1-7H3/t16-,17+,21+/m1/s1. The lowest BCUT2D eigenvalue weighted by Gasteiger charge is -2.31. The number of hydrogen-bond donors (Lipinski definition) is 0. The molecule has 0 fully saturated rings. The Bertz CT molecular complexity index is 601. The molecule has 0 spiro atoms. The van der Waals surface area contributed by atoms with E-state index in [4.69, 9.17) is 14.2 Å². The van der Waals surface area contributed by atoms with Gasteiger partial charge in [0.25, 0.3) is 0 Å². The Labute approximate surface area is 169 Å². The molecule has 0 aliphatic carbocycles. The van der Waals surface area contributed by atoms with E-state index in [1.54, 1.807) is 27.7 Å². The minimum Gasteiger partial charge on any atom is -0.486 e. The van der Waals surface area contributed by atoms with Gasteiger partial charge in [-0.25, -0.2) is 0 Å². The maximum atomic E-state index is 12.5. The SMILES string of the molecule is CCC(CC)[C@@H](Oc1ccccc1)[C@H](C)OC(=O)[C@H](C)CC(=O)OC(C)(C)C. The van der Waals surface area contributed by atoms with Crippen LogP contribution in [0.4, 0.5) is 0 Å². The van der Waals surface area contributed by atoms with E-state index in [1.807, 2.05) is 37.3 Å². The Hall–Kier alpha value is -2.04. The van der Waals surface area contributed by atoms with Crippen molar-refractivity contribution in [3.05, 3.63) is 30.3 Å². The normalized spacial score (nSPS) is 14.9. The maximum Gasteiger partial charge on any atom is 0.309 e. The molecule has 5 nitrogen and oxygen atoms in total. The van der Waals surface area contributed by atoms with Crippen LogP contribution in [-0.2, 0) is 19.1 Å². The van der Waals surface area contributed by atoms with Crippen LogP contribution in [0.5, 0.6) is 5.75 Å². The quantitative estimate of drug-likeness (QED) is 0.514. The highest BCUT2D eigenvalue weighted by molar-refractivity contribution is 5.79. The zero-order valence-corrected chi connectivity index (χ0v) is 18.4. The van der Waals surface area contributed by atoms with Crippen LogP contribution >= 0.6 is 0 Å². The van der Waals surface area contributed by atoms with Gasteiger partial charge in [-0.2, -0.15) is 0 Å². The predicted octanol–water partition coefficient (Wildman–Crippen LogP) is 5.17. The van der Waals surface area contributed by atoms with Gasteiger partial charge in [0.2, 0.25) is 0 Å². The Morgan fingerprint density at radius 3 is 2.07 bits per heavy atom. The summed E-state index contributed by atoms with van der Waals surface area (Å²) in [5.41, 5.74) is -0.571. The van der Waals surface area contributed by atoms with Gasteiger partial charge in [0.05, 0.1) is 12.3 Å². The van der Waals surface area contributed by atoms with Crippen molar-refractivity contribution in [2.24, 2.45) is 11.8 Å². The summed E-state index contributed by atoms with van der Waals surface area (Å²) in [6.45, 7) is 13.2. The number of ether oxygens (including phenoxy) is 3. The Kier molecular flexibility index (Phi) is 9.50. The summed E-state index contributed by atoms with van der Waals surface area (Å²) in [4.78, 5) is 24.5. The van der Waals surface area contributed by atoms with Crippen LogP contribution in [0, 0.1) is 11.8 Å². The smallest absolute Gasteiger partial charge is 0.309 e. The first-order chi connectivity index (χ1) is 13.1. The summed E-state index contributed by atoms with van der Waals surface area (Å²) in [6, 6.07) is 9.56. The molecule has 0 aromatic heterocycles. The first kappa shape index (κ1) is 24.0. The van der Waals surface area contributed by atoms with Gasteiger partial charge in [-0.1, -0.05) is 39.0 Å². The largest absolute Gasteiger partial charge is 0.486 e. The molecule has 0 saturated carbocycles. The molecule has 5 heteroatoms. The number of benzene rings is 1. The van der Waals surface area contributed by atoms with Crippen molar-refractivity contribution in [2.75, 3.05) is 0 Å². The van der Waals surface area contributed by atoms with Crippen LogP contribution in [0.1, 0.15) is 67.7 Å². The lowest BCUT2D eigenvalue weighted by molar-refractivity contribution is -0.166. The molecule has 0 aliphatic heterocycles. The molecule has 0 amide bonds. The molecular formula is C23H36O5. The highest BCUT2D eigenvalue weighted by Crippen LogP contribution is 2.25. The predicted molar refractivity (Wildman–Crippen MR) is 110 cm³/mol. The van der Waals surface area contributed by atoms with Crippen molar-refractivity contribution >= 4 is 11.9 Å². The van der Waals surface area contributed by atoms with Gasteiger partial charge < -0.3 is 14.2 Å². The van der Waals surface area contributed by atoms with Crippen molar-refractivity contribution in [3.63, 3.8) is 0 Å². The fourth-order valence-electron chi connectivity index (χ4n) is 3.07. The van der Waals surface area contributed by atoms with Crippen LogP contribution in [-0.4, -0.2) is 29.7 Å². The molecule has 0 N–H and O–H groups in total. The molecule has 0 bridgehead atoms. The van der Waals surface area contributed by atoms with Crippen molar-refractivity contribution < 1.29 is 23.8 Å². The van der Waals surface area contributed by atoms with Crippen LogP contribution in [0.2, 0.25) is 0 Å². The van der Waals surface area contributed by atoms with E-state index < -0.39 is 29.6 Å². The monoisotopic (exact) mass is 392 g/mol. The second-order valence-electron chi connectivity index (χ2n) is 8.31. The minimum atomic E-state index is -0.573. The van der Waals surface area contributed by atoms with E-state index in [1.165, 1.54) is 0 Å². The number of carbonyl (C=O) groups excluding carboxylic acids is 2. The van der Waals surface area contributed by atoms with E-state index in [0.717, 1.165) is 18.6 Å².